The van der Waals surface area contributed by atoms with Gasteiger partial charge in [0.05, 0.1) is 13.4 Å². The Hall–Kier alpha value is -1.19. The predicted octanol–water partition coefficient (Wildman–Crippen LogP) is 2.79. The number of hydrogen-bond acceptors (Lipinski definition) is 3. The molecule has 1 saturated heterocycles. The van der Waals surface area contributed by atoms with Crippen molar-refractivity contribution in [3.05, 3.63) is 12.3 Å². The topological polar surface area (TPSA) is 38.8 Å². The summed E-state index contributed by atoms with van der Waals surface area (Å²) in [7, 11) is 1.63. The van der Waals surface area contributed by atoms with Gasteiger partial charge in [0.1, 0.15) is 5.60 Å². The van der Waals surface area contributed by atoms with Crippen LogP contribution in [0.3, 0.4) is 0 Å². The van der Waals surface area contributed by atoms with E-state index >= 15 is 0 Å². The second kappa shape index (κ2) is 5.94. The molecule has 0 unspecified atom stereocenters. The first-order chi connectivity index (χ1) is 7.92. The minimum atomic E-state index is -0.424. The van der Waals surface area contributed by atoms with Gasteiger partial charge >= 0.3 is 6.09 Å². The molecule has 1 aliphatic rings. The largest absolute Gasteiger partial charge is 0.505 e. The minimum Gasteiger partial charge on any atom is -0.505 e. The van der Waals surface area contributed by atoms with E-state index < -0.39 is 5.60 Å². The third-order valence-corrected chi connectivity index (χ3v) is 2.60. The van der Waals surface area contributed by atoms with E-state index in [0.29, 0.717) is 5.92 Å². The van der Waals surface area contributed by atoms with Gasteiger partial charge in [0.25, 0.3) is 0 Å². The van der Waals surface area contributed by atoms with Crippen LogP contribution in [0.5, 0.6) is 0 Å². The van der Waals surface area contributed by atoms with E-state index in [1.165, 1.54) is 0 Å². The molecule has 0 bridgehead atoms. The molecule has 0 spiro atoms. The summed E-state index contributed by atoms with van der Waals surface area (Å²) in [5.41, 5.74) is -0.424. The molecule has 4 nitrogen and oxygen atoms in total. The zero-order chi connectivity index (χ0) is 12.9. The fourth-order valence-electron chi connectivity index (χ4n) is 1.85. The highest BCUT2D eigenvalue weighted by atomic mass is 16.6. The molecule has 1 rings (SSSR count). The number of rotatable bonds is 2. The molecule has 1 fully saturated rings. The first kappa shape index (κ1) is 13.9. The summed E-state index contributed by atoms with van der Waals surface area (Å²) in [5, 5.41) is 0. The number of carbonyl (C=O) groups excluding carboxylic acids is 1. The van der Waals surface area contributed by atoms with Gasteiger partial charge < -0.3 is 14.4 Å². The van der Waals surface area contributed by atoms with Crippen LogP contribution in [0, 0.1) is 5.92 Å². The van der Waals surface area contributed by atoms with Crippen molar-refractivity contribution in [2.24, 2.45) is 5.92 Å². The Labute approximate surface area is 104 Å². The molecule has 1 heterocycles. The third-order valence-electron chi connectivity index (χ3n) is 2.60. The monoisotopic (exact) mass is 241 g/mol. The van der Waals surface area contributed by atoms with E-state index in [-0.39, 0.29) is 6.09 Å². The number of hydrogen-bond donors (Lipinski definition) is 0. The highest BCUT2D eigenvalue weighted by Crippen LogP contribution is 2.20. The molecule has 0 aromatic rings. The Balaban J connectivity index is 2.49. The Morgan fingerprint density at radius 2 is 2.12 bits per heavy atom. The molecular weight excluding hydrogens is 218 g/mol. The van der Waals surface area contributed by atoms with Crippen molar-refractivity contribution in [3.8, 4) is 0 Å². The molecule has 0 aromatic carbocycles. The molecule has 17 heavy (non-hydrogen) atoms. The molecular formula is C13H23NO3. The van der Waals surface area contributed by atoms with Crippen LogP contribution in [0.25, 0.3) is 0 Å². The molecule has 0 N–H and O–H groups in total. The van der Waals surface area contributed by atoms with Gasteiger partial charge in [-0.3, -0.25) is 0 Å². The van der Waals surface area contributed by atoms with E-state index in [2.05, 4.69) is 0 Å². The van der Waals surface area contributed by atoms with Gasteiger partial charge in [-0.15, -0.1) is 0 Å². The highest BCUT2D eigenvalue weighted by Gasteiger charge is 2.26. The average molecular weight is 241 g/mol. The molecule has 1 amide bonds. The minimum absolute atomic E-state index is 0.215. The summed E-state index contributed by atoms with van der Waals surface area (Å²) in [5.74, 6) is 0.371. The van der Waals surface area contributed by atoms with Gasteiger partial charge in [0, 0.05) is 13.1 Å². The van der Waals surface area contributed by atoms with Crippen molar-refractivity contribution < 1.29 is 14.3 Å². The van der Waals surface area contributed by atoms with Gasteiger partial charge in [0.15, 0.2) is 0 Å². The SMILES string of the molecule is COC=C[C@@H]1CCCN(C(=O)OC(C)(C)C)C1. The summed E-state index contributed by atoms with van der Waals surface area (Å²) in [4.78, 5) is 13.7. The van der Waals surface area contributed by atoms with Crippen molar-refractivity contribution >= 4 is 6.09 Å². The van der Waals surface area contributed by atoms with Crippen LogP contribution in [0.4, 0.5) is 4.79 Å². The lowest BCUT2D eigenvalue weighted by Crippen LogP contribution is -2.42. The van der Waals surface area contributed by atoms with E-state index in [0.717, 1.165) is 25.9 Å². The summed E-state index contributed by atoms with van der Waals surface area (Å²) in [6, 6.07) is 0. The molecule has 0 aromatic heterocycles. The number of nitrogens with zero attached hydrogens (tertiary/aromatic N) is 1. The van der Waals surface area contributed by atoms with Crippen molar-refractivity contribution in [1.29, 1.82) is 0 Å². The van der Waals surface area contributed by atoms with Crippen molar-refractivity contribution in [3.63, 3.8) is 0 Å². The van der Waals surface area contributed by atoms with Crippen molar-refractivity contribution in [1.82, 2.24) is 4.90 Å². The van der Waals surface area contributed by atoms with Crippen LogP contribution in [-0.4, -0.2) is 36.8 Å². The maximum atomic E-state index is 11.9. The first-order valence-electron chi connectivity index (χ1n) is 6.10. The van der Waals surface area contributed by atoms with Gasteiger partial charge in [-0.25, -0.2) is 4.79 Å². The van der Waals surface area contributed by atoms with Gasteiger partial charge in [0.2, 0.25) is 0 Å². The van der Waals surface area contributed by atoms with E-state index in [4.69, 9.17) is 9.47 Å². The number of piperidine rings is 1. The Morgan fingerprint density at radius 3 is 2.71 bits per heavy atom. The van der Waals surface area contributed by atoms with Crippen LogP contribution in [0.2, 0.25) is 0 Å². The van der Waals surface area contributed by atoms with Crippen LogP contribution in [-0.2, 0) is 9.47 Å². The van der Waals surface area contributed by atoms with Crippen LogP contribution >= 0.6 is 0 Å². The summed E-state index contributed by atoms with van der Waals surface area (Å²) in [6.45, 7) is 7.16. The molecule has 0 saturated carbocycles. The molecule has 98 valence electrons. The van der Waals surface area contributed by atoms with E-state index in [1.54, 1.807) is 18.3 Å². The number of ether oxygens (including phenoxy) is 2. The maximum Gasteiger partial charge on any atom is 0.410 e. The average Bonchev–Trinajstić information content (AvgIpc) is 2.24. The Morgan fingerprint density at radius 1 is 1.41 bits per heavy atom. The summed E-state index contributed by atoms with van der Waals surface area (Å²) in [6.07, 6.45) is 5.59. The molecule has 1 aliphatic heterocycles. The Bertz CT molecular complexity index is 281. The highest BCUT2D eigenvalue weighted by molar-refractivity contribution is 5.68. The number of likely N-dealkylation sites (tertiary alicyclic amines) is 1. The summed E-state index contributed by atoms with van der Waals surface area (Å²) < 4.78 is 10.3. The zero-order valence-electron chi connectivity index (χ0n) is 11.2. The van der Waals surface area contributed by atoms with Crippen molar-refractivity contribution in [2.75, 3.05) is 20.2 Å². The second-order valence-electron chi connectivity index (χ2n) is 5.39. The Kier molecular flexibility index (Phi) is 4.85. The zero-order valence-corrected chi connectivity index (χ0v) is 11.2. The van der Waals surface area contributed by atoms with Crippen LogP contribution < -0.4 is 0 Å². The van der Waals surface area contributed by atoms with Gasteiger partial charge in [-0.2, -0.15) is 0 Å². The fourth-order valence-corrected chi connectivity index (χ4v) is 1.85. The lowest BCUT2D eigenvalue weighted by atomic mass is 9.98. The standard InChI is InChI=1S/C13H23NO3/c1-13(2,3)17-12(15)14-8-5-6-11(10-14)7-9-16-4/h7,9,11H,5-6,8,10H2,1-4H3/t11-/m0/s1. The quantitative estimate of drug-likeness (QED) is 0.698. The second-order valence-corrected chi connectivity index (χ2v) is 5.39. The van der Waals surface area contributed by atoms with Gasteiger partial charge in [-0.1, -0.05) is 0 Å². The molecule has 0 aliphatic carbocycles. The number of methoxy groups -OCH3 is 1. The van der Waals surface area contributed by atoms with E-state index in [1.807, 2.05) is 26.8 Å². The maximum absolute atomic E-state index is 11.9. The fraction of sp³-hybridized carbons (Fsp3) is 0.769. The number of amides is 1. The summed E-state index contributed by atoms with van der Waals surface area (Å²) >= 11 is 0. The molecule has 1 atom stereocenters. The number of carbonyl (C=O) groups is 1. The lowest BCUT2D eigenvalue weighted by molar-refractivity contribution is 0.0186. The normalized spacial score (nSPS) is 21.6. The third kappa shape index (κ3) is 5.11. The van der Waals surface area contributed by atoms with Crippen LogP contribution in [0.15, 0.2) is 12.3 Å². The predicted molar refractivity (Wildman–Crippen MR) is 66.7 cm³/mol. The van der Waals surface area contributed by atoms with Gasteiger partial charge in [-0.05, 0) is 45.6 Å². The lowest BCUT2D eigenvalue weighted by Gasteiger charge is -2.33. The van der Waals surface area contributed by atoms with Crippen LogP contribution in [0.1, 0.15) is 33.6 Å². The molecule has 0 radical (unpaired) electrons. The molecule has 4 heteroatoms. The first-order valence-corrected chi connectivity index (χ1v) is 6.10. The smallest absolute Gasteiger partial charge is 0.410 e. The van der Waals surface area contributed by atoms with Crippen molar-refractivity contribution in [2.45, 2.75) is 39.2 Å². The van der Waals surface area contributed by atoms with E-state index in [9.17, 15) is 4.79 Å².